The van der Waals surface area contributed by atoms with Gasteiger partial charge in [-0.1, -0.05) is 0 Å². The summed E-state index contributed by atoms with van der Waals surface area (Å²) in [7, 11) is 0. The van der Waals surface area contributed by atoms with E-state index < -0.39 is 23.9 Å². The van der Waals surface area contributed by atoms with Crippen LogP contribution in [0.5, 0.6) is 0 Å². The van der Waals surface area contributed by atoms with E-state index in [0.29, 0.717) is 30.3 Å². The van der Waals surface area contributed by atoms with Gasteiger partial charge in [0.05, 0.1) is 6.04 Å². The van der Waals surface area contributed by atoms with Crippen LogP contribution in [0.3, 0.4) is 0 Å². The number of aromatic amines is 1. The molecule has 2 heterocycles. The number of anilines is 4. The molecule has 1 aliphatic heterocycles. The maximum atomic E-state index is 12.3. The van der Waals surface area contributed by atoms with Crippen molar-refractivity contribution in [2.24, 2.45) is 0 Å². The van der Waals surface area contributed by atoms with E-state index in [0.717, 1.165) is 0 Å². The number of hydrogen-bond donors (Lipinski definition) is 8. The van der Waals surface area contributed by atoms with Crippen LogP contribution in [0.4, 0.5) is 23.1 Å². The summed E-state index contributed by atoms with van der Waals surface area (Å²) in [5, 5.41) is 29.5. The highest BCUT2D eigenvalue weighted by molar-refractivity contribution is 5.96. The van der Waals surface area contributed by atoms with Gasteiger partial charge in [0.1, 0.15) is 18.5 Å². The Kier molecular flexibility index (Phi) is 8.93. The van der Waals surface area contributed by atoms with Gasteiger partial charge in [-0.25, -0.2) is 4.79 Å². The lowest BCUT2D eigenvalue weighted by molar-refractivity contribution is -0.140. The van der Waals surface area contributed by atoms with Crippen molar-refractivity contribution in [3.05, 3.63) is 40.2 Å². The van der Waals surface area contributed by atoms with E-state index in [1.54, 1.807) is 12.1 Å². The number of aromatic nitrogens is 2. The average molecular weight is 475 g/mol. The van der Waals surface area contributed by atoms with Gasteiger partial charge in [0.25, 0.3) is 11.5 Å². The molecule has 0 radical (unpaired) electrons. The third-order valence-electron chi connectivity index (χ3n) is 4.75. The molecule has 1 unspecified atom stereocenters. The summed E-state index contributed by atoms with van der Waals surface area (Å²) in [6.07, 6.45) is -0.587. The van der Waals surface area contributed by atoms with Crippen LogP contribution < -0.4 is 32.6 Å². The normalized spacial score (nSPS) is 14.6. The van der Waals surface area contributed by atoms with Crippen LogP contribution in [0.25, 0.3) is 0 Å². The molecule has 14 nitrogen and oxygen atoms in total. The molecule has 0 saturated heterocycles. The van der Waals surface area contributed by atoms with Crippen LogP contribution >= 0.6 is 0 Å². The van der Waals surface area contributed by atoms with Crippen LogP contribution in [0.2, 0.25) is 0 Å². The molecule has 0 bridgehead atoms. The van der Waals surface area contributed by atoms with Gasteiger partial charge in [0.15, 0.2) is 5.82 Å². The monoisotopic (exact) mass is 475 g/mol. The number of nitrogens with one attached hydrogen (secondary N) is 5. The number of nitrogens with zero attached hydrogens (tertiary/aromatic N) is 1. The quantitative estimate of drug-likeness (QED) is 0.230. The summed E-state index contributed by atoms with van der Waals surface area (Å²) in [6, 6.07) is 4.93. The van der Waals surface area contributed by atoms with E-state index in [4.69, 9.17) is 20.7 Å². The van der Waals surface area contributed by atoms with E-state index in [1.165, 1.54) is 12.1 Å². The van der Waals surface area contributed by atoms with Gasteiger partial charge < -0.3 is 42.0 Å². The minimum atomic E-state index is -1.30. The van der Waals surface area contributed by atoms with E-state index >= 15 is 0 Å². The molecule has 2 atom stereocenters. The van der Waals surface area contributed by atoms with Crippen molar-refractivity contribution in [2.75, 3.05) is 34.8 Å². The number of nitrogens with two attached hydrogens (primary N) is 1. The summed E-state index contributed by atoms with van der Waals surface area (Å²) in [4.78, 5) is 60.6. The maximum Gasteiger partial charge on any atom is 0.326 e. The van der Waals surface area contributed by atoms with Gasteiger partial charge >= 0.3 is 11.9 Å². The van der Waals surface area contributed by atoms with E-state index in [9.17, 15) is 19.2 Å². The van der Waals surface area contributed by atoms with Crippen molar-refractivity contribution in [2.45, 2.75) is 24.9 Å². The molecule has 1 amide bonds. The molecule has 0 fully saturated rings. The third-order valence-corrected chi connectivity index (χ3v) is 4.75. The first-order valence-corrected chi connectivity index (χ1v) is 10.0. The maximum absolute atomic E-state index is 12.3. The molecule has 9 N–H and O–H groups in total. The van der Waals surface area contributed by atoms with Crippen molar-refractivity contribution in [3.63, 3.8) is 0 Å². The molecular formula is C20H25N7O7. The minimum Gasteiger partial charge on any atom is -0.481 e. The average Bonchev–Trinajstić information content (AvgIpc) is 2.81. The number of amides is 1. The van der Waals surface area contributed by atoms with Gasteiger partial charge in [-0.3, -0.25) is 19.4 Å². The minimum absolute atomic E-state index is 0.0281. The fourth-order valence-electron chi connectivity index (χ4n) is 3.10. The number of fused-ring (bicyclic) bond motifs is 1. The Morgan fingerprint density at radius 1 is 1.21 bits per heavy atom. The Morgan fingerprint density at radius 3 is 2.50 bits per heavy atom. The molecule has 2 aromatic rings. The van der Waals surface area contributed by atoms with Crippen LogP contribution in [0, 0.1) is 0 Å². The second kappa shape index (κ2) is 11.8. The number of carbonyl (C=O) groups excluding carboxylic acids is 2. The first-order chi connectivity index (χ1) is 16.2. The molecule has 0 aliphatic carbocycles. The molecule has 3 rings (SSSR count). The second-order valence-corrected chi connectivity index (χ2v) is 7.15. The van der Waals surface area contributed by atoms with Crippen LogP contribution in [0.15, 0.2) is 29.1 Å². The van der Waals surface area contributed by atoms with Crippen LogP contribution in [0.1, 0.15) is 23.2 Å². The van der Waals surface area contributed by atoms with Crippen molar-refractivity contribution in [1.82, 2.24) is 15.3 Å². The lowest BCUT2D eigenvalue weighted by atomic mass is 10.1. The first-order valence-electron chi connectivity index (χ1n) is 10.0. The number of carboxylic acids is 2. The highest BCUT2D eigenvalue weighted by Gasteiger charge is 2.23. The van der Waals surface area contributed by atoms with E-state index in [1.807, 2.05) is 6.79 Å². The molecule has 182 valence electrons. The zero-order chi connectivity index (χ0) is 25.3. The largest absolute Gasteiger partial charge is 0.481 e. The number of aliphatic carboxylic acids is 2. The van der Waals surface area contributed by atoms with E-state index in [2.05, 4.69) is 31.2 Å². The second-order valence-electron chi connectivity index (χ2n) is 7.15. The Bertz CT molecular complexity index is 1090. The van der Waals surface area contributed by atoms with Gasteiger partial charge in [0, 0.05) is 30.8 Å². The number of hydrogen-bond acceptors (Lipinski definition) is 10. The number of benzene rings is 1. The highest BCUT2D eigenvalue weighted by atomic mass is 16.4. The molecule has 0 saturated carbocycles. The fourth-order valence-corrected chi connectivity index (χ4v) is 3.10. The summed E-state index contributed by atoms with van der Waals surface area (Å²) >= 11 is 0. The van der Waals surface area contributed by atoms with Gasteiger partial charge in [-0.2, -0.15) is 4.98 Å². The van der Waals surface area contributed by atoms with Crippen LogP contribution in [-0.2, 0) is 14.4 Å². The van der Waals surface area contributed by atoms with Crippen molar-refractivity contribution < 1.29 is 29.4 Å². The fraction of sp³-hybridized carbons (Fsp3) is 0.300. The standard InChI is InChI=1S/C19H23N7O6.CH2O/c20-19-25-15-14(17(30)26-19)23-11(8-22-15)7-21-10-3-1-9(2-4-10)16(29)24-12(18(31)32)5-6-13(27)28;1-2/h1-4,11-12,21,23H,5-8H2,(H,24,29)(H,27,28)(H,31,32)(H4,20,22,25,26,30);1H2/t11?,12-;/m0./s1. The van der Waals surface area contributed by atoms with Crippen molar-refractivity contribution >= 4 is 47.8 Å². The smallest absolute Gasteiger partial charge is 0.326 e. The molecule has 0 spiro atoms. The summed E-state index contributed by atoms with van der Waals surface area (Å²) < 4.78 is 0. The number of rotatable bonds is 9. The zero-order valence-electron chi connectivity index (χ0n) is 18.0. The summed E-state index contributed by atoms with van der Waals surface area (Å²) in [5.74, 6) is -2.64. The van der Waals surface area contributed by atoms with Crippen molar-refractivity contribution in [1.29, 1.82) is 0 Å². The first kappa shape index (κ1) is 25.6. The van der Waals surface area contributed by atoms with Crippen LogP contribution in [-0.4, -0.2) is 70.0 Å². The summed E-state index contributed by atoms with van der Waals surface area (Å²) in [5.41, 5.74) is 6.40. The van der Waals surface area contributed by atoms with Gasteiger partial charge in [-0.05, 0) is 30.7 Å². The van der Waals surface area contributed by atoms with E-state index in [-0.39, 0.29) is 36.0 Å². The number of nitrogen functional groups attached to an aromatic ring is 1. The predicted octanol–water partition coefficient (Wildman–Crippen LogP) is -0.467. The Morgan fingerprint density at radius 2 is 1.88 bits per heavy atom. The highest BCUT2D eigenvalue weighted by Crippen LogP contribution is 2.20. The van der Waals surface area contributed by atoms with Gasteiger partial charge in [-0.15, -0.1) is 0 Å². The molecule has 14 heteroatoms. The SMILES string of the molecule is C=O.Nc1nc2c(c(=O)[nH]1)NC(CNc1ccc(C(=O)N[C@@H](CCC(=O)O)C(=O)O)cc1)CN2. The zero-order valence-corrected chi connectivity index (χ0v) is 18.0. The number of H-pyrrole nitrogens is 1. The Balaban J connectivity index is 0.00000199. The van der Waals surface area contributed by atoms with Gasteiger partial charge in [0.2, 0.25) is 5.95 Å². The molecule has 1 aliphatic rings. The molecule has 1 aromatic carbocycles. The topological polar surface area (TPSA) is 229 Å². The molecular weight excluding hydrogens is 450 g/mol. The predicted molar refractivity (Wildman–Crippen MR) is 123 cm³/mol. The summed E-state index contributed by atoms with van der Waals surface area (Å²) in [6.45, 7) is 2.96. The Labute approximate surface area is 193 Å². The lowest BCUT2D eigenvalue weighted by Gasteiger charge is -2.27. The molecule has 34 heavy (non-hydrogen) atoms. The third kappa shape index (κ3) is 6.94. The Hall–Kier alpha value is -4.62. The lowest BCUT2D eigenvalue weighted by Crippen LogP contribution is -2.41. The number of carbonyl (C=O) groups is 4. The number of carboxylic acid groups (broad SMARTS) is 2. The van der Waals surface area contributed by atoms with Crippen molar-refractivity contribution in [3.8, 4) is 0 Å². The molecule has 1 aromatic heterocycles.